The van der Waals surface area contributed by atoms with Gasteiger partial charge in [0, 0.05) is 20.1 Å². The fourth-order valence-electron chi connectivity index (χ4n) is 2.92. The number of nitrogens with one attached hydrogen (secondary N) is 2. The van der Waals surface area contributed by atoms with Gasteiger partial charge in [0.15, 0.2) is 5.78 Å². The van der Waals surface area contributed by atoms with Crippen LogP contribution in [-0.4, -0.2) is 74.3 Å². The van der Waals surface area contributed by atoms with Crippen LogP contribution in [0.5, 0.6) is 0 Å². The first kappa shape index (κ1) is 23.2. The molecular formula is C19H33N3O5. The van der Waals surface area contributed by atoms with E-state index >= 15 is 0 Å². The first-order valence-corrected chi connectivity index (χ1v) is 9.73. The summed E-state index contributed by atoms with van der Waals surface area (Å²) in [6.07, 6.45) is 6.19. The molecule has 8 nitrogen and oxygen atoms in total. The van der Waals surface area contributed by atoms with E-state index in [0.717, 1.165) is 25.9 Å². The Hall–Kier alpha value is -1.80. The zero-order valence-corrected chi connectivity index (χ0v) is 16.5. The molecule has 0 aromatic carbocycles. The molecule has 0 bridgehead atoms. The number of esters is 1. The number of hydrogen-bond acceptors (Lipinski definition) is 7. The number of ketones is 1. The molecule has 0 aromatic heterocycles. The highest BCUT2D eigenvalue weighted by Gasteiger charge is 2.25. The number of carbonyl (C=O) groups is 3. The van der Waals surface area contributed by atoms with Crippen LogP contribution in [0.2, 0.25) is 0 Å². The number of Topliss-reactive ketones (excluding diaryl/α,β-unsaturated/α-hetero) is 1. The van der Waals surface area contributed by atoms with Gasteiger partial charge < -0.3 is 20.2 Å². The lowest BCUT2D eigenvalue weighted by molar-refractivity contribution is -0.149. The molecule has 1 saturated heterocycles. The number of carbonyl (C=O) groups excluding carboxylic acids is 3. The van der Waals surface area contributed by atoms with Gasteiger partial charge in [-0.05, 0) is 39.3 Å². The fraction of sp³-hybridized carbons (Fsp3) is 0.789. The summed E-state index contributed by atoms with van der Waals surface area (Å²) in [5.41, 5.74) is 0. The third-order valence-electron chi connectivity index (χ3n) is 4.76. The molecule has 0 spiro atoms. The fourth-order valence-corrected chi connectivity index (χ4v) is 2.92. The summed E-state index contributed by atoms with van der Waals surface area (Å²) < 4.78 is 10.3. The summed E-state index contributed by atoms with van der Waals surface area (Å²) in [7, 11) is 1.40. The molecule has 0 radical (unpaired) electrons. The van der Waals surface area contributed by atoms with Gasteiger partial charge in [0.05, 0.1) is 6.21 Å². The Morgan fingerprint density at radius 1 is 1.15 bits per heavy atom. The van der Waals surface area contributed by atoms with Crippen molar-refractivity contribution < 1.29 is 23.9 Å². The zero-order chi connectivity index (χ0) is 20.1. The molecule has 1 amide bonds. The van der Waals surface area contributed by atoms with Crippen molar-refractivity contribution in [2.45, 2.75) is 64.0 Å². The topological polar surface area (TPSA) is 109 Å². The number of amides is 1. The Kier molecular flexibility index (Phi) is 11.5. The molecular weight excluding hydrogens is 350 g/mol. The number of ether oxygens (including phenoxy) is 2. The normalized spacial score (nSPS) is 17.9. The Labute approximate surface area is 161 Å². The Balaban J connectivity index is 2.50. The van der Waals surface area contributed by atoms with Gasteiger partial charge in [-0.3, -0.25) is 14.5 Å². The minimum absolute atomic E-state index is 0.00294. The number of hydrogen-bond donors (Lipinski definition) is 2. The lowest BCUT2D eigenvalue weighted by Crippen LogP contribution is -2.46. The van der Waals surface area contributed by atoms with Crippen LogP contribution in [-0.2, 0) is 23.9 Å². The largest absolute Gasteiger partial charge is 0.463 e. The molecule has 0 aliphatic carbocycles. The second-order valence-electron chi connectivity index (χ2n) is 6.87. The Morgan fingerprint density at radius 3 is 2.37 bits per heavy atom. The van der Waals surface area contributed by atoms with Gasteiger partial charge >= 0.3 is 5.97 Å². The third-order valence-corrected chi connectivity index (χ3v) is 4.76. The van der Waals surface area contributed by atoms with E-state index in [1.54, 1.807) is 6.92 Å². The number of rotatable bonds is 11. The molecule has 2 N–H and O–H groups in total. The number of likely N-dealkylation sites (tertiary alicyclic amines) is 1. The summed E-state index contributed by atoms with van der Waals surface area (Å²) in [5, 5.41) is 9.53. The van der Waals surface area contributed by atoms with Crippen LogP contribution in [0.25, 0.3) is 0 Å². The highest BCUT2D eigenvalue weighted by molar-refractivity contribution is 6.26. The van der Waals surface area contributed by atoms with Crippen molar-refractivity contribution in [1.29, 1.82) is 5.41 Å². The van der Waals surface area contributed by atoms with Crippen molar-refractivity contribution in [2.24, 2.45) is 0 Å². The van der Waals surface area contributed by atoms with Crippen molar-refractivity contribution >= 4 is 23.9 Å². The van der Waals surface area contributed by atoms with Gasteiger partial charge in [-0.15, -0.1) is 0 Å². The third kappa shape index (κ3) is 9.63. The molecule has 1 fully saturated rings. The zero-order valence-electron chi connectivity index (χ0n) is 16.5. The van der Waals surface area contributed by atoms with Crippen LogP contribution in [0.15, 0.2) is 0 Å². The van der Waals surface area contributed by atoms with Crippen molar-refractivity contribution in [3.05, 3.63) is 0 Å². The van der Waals surface area contributed by atoms with Crippen LogP contribution in [0, 0.1) is 5.41 Å². The lowest BCUT2D eigenvalue weighted by atomic mass is 10.1. The van der Waals surface area contributed by atoms with Crippen LogP contribution >= 0.6 is 0 Å². The summed E-state index contributed by atoms with van der Waals surface area (Å²) in [5.74, 6) is -1.40. The molecule has 8 heteroatoms. The summed E-state index contributed by atoms with van der Waals surface area (Å²) in [4.78, 5) is 38.1. The van der Waals surface area contributed by atoms with Crippen LogP contribution in [0.1, 0.15) is 51.9 Å². The molecule has 2 atom stereocenters. The van der Waals surface area contributed by atoms with Gasteiger partial charge in [0.25, 0.3) is 0 Å². The van der Waals surface area contributed by atoms with Crippen molar-refractivity contribution in [2.75, 3.05) is 33.4 Å². The van der Waals surface area contributed by atoms with Gasteiger partial charge in [-0.25, -0.2) is 4.79 Å². The molecule has 1 aliphatic rings. The van der Waals surface area contributed by atoms with Crippen LogP contribution < -0.4 is 5.32 Å². The molecule has 1 rings (SSSR count). The van der Waals surface area contributed by atoms with Gasteiger partial charge in [0.1, 0.15) is 18.8 Å². The van der Waals surface area contributed by atoms with E-state index in [4.69, 9.17) is 14.9 Å². The van der Waals surface area contributed by atoms with Crippen LogP contribution in [0.4, 0.5) is 0 Å². The number of nitrogens with zero attached hydrogens (tertiary/aromatic N) is 1. The molecule has 0 unspecified atom stereocenters. The molecule has 27 heavy (non-hydrogen) atoms. The molecule has 0 saturated carbocycles. The first-order valence-electron chi connectivity index (χ1n) is 9.73. The van der Waals surface area contributed by atoms with Crippen molar-refractivity contribution in [1.82, 2.24) is 10.2 Å². The van der Waals surface area contributed by atoms with Gasteiger partial charge in [0.2, 0.25) is 5.91 Å². The smallest absolute Gasteiger partial charge is 0.328 e. The highest BCUT2D eigenvalue weighted by Crippen LogP contribution is 2.10. The van der Waals surface area contributed by atoms with E-state index < -0.39 is 29.8 Å². The Morgan fingerprint density at radius 2 is 1.78 bits per heavy atom. The predicted molar refractivity (Wildman–Crippen MR) is 102 cm³/mol. The predicted octanol–water partition coefficient (Wildman–Crippen LogP) is 1.31. The lowest BCUT2D eigenvalue weighted by Gasteiger charge is -2.25. The van der Waals surface area contributed by atoms with E-state index in [0.29, 0.717) is 12.8 Å². The van der Waals surface area contributed by atoms with Crippen molar-refractivity contribution in [3.63, 3.8) is 0 Å². The van der Waals surface area contributed by atoms with Gasteiger partial charge in [-0.1, -0.05) is 19.3 Å². The maximum Gasteiger partial charge on any atom is 0.328 e. The van der Waals surface area contributed by atoms with E-state index in [9.17, 15) is 14.4 Å². The summed E-state index contributed by atoms with van der Waals surface area (Å²) in [6, 6.07) is -0.925. The van der Waals surface area contributed by atoms with E-state index in [2.05, 4.69) is 10.2 Å². The minimum atomic E-state index is -0.925. The highest BCUT2D eigenvalue weighted by atomic mass is 16.5. The standard InChI is InChI=1S/C19H33N3O5/c1-15(26-2)18(24)21-17(9-8-16(23)14-20)19(25)27-13-12-22-10-6-4-3-5-7-11-22/h14-15,17,20H,3-13H2,1-2H3,(H,21,24)/t15-,17+/m1/s1. The number of methoxy groups -OCH3 is 1. The van der Waals surface area contributed by atoms with Crippen LogP contribution in [0.3, 0.4) is 0 Å². The van der Waals surface area contributed by atoms with E-state index in [1.807, 2.05) is 0 Å². The molecule has 1 aliphatic heterocycles. The van der Waals surface area contributed by atoms with Crippen molar-refractivity contribution in [3.8, 4) is 0 Å². The second-order valence-corrected chi connectivity index (χ2v) is 6.87. The average molecular weight is 383 g/mol. The Bertz CT molecular complexity index is 490. The summed E-state index contributed by atoms with van der Waals surface area (Å²) >= 11 is 0. The SMILES string of the molecule is CO[C@H](C)C(=O)N[C@@H](CCC(=O)C=N)C(=O)OCCN1CCCCCCC1. The maximum absolute atomic E-state index is 12.4. The first-order chi connectivity index (χ1) is 13.0. The maximum atomic E-state index is 12.4. The molecule has 1 heterocycles. The molecule has 154 valence electrons. The van der Waals surface area contributed by atoms with E-state index in [-0.39, 0.29) is 19.4 Å². The molecule has 0 aromatic rings. The van der Waals surface area contributed by atoms with E-state index in [1.165, 1.54) is 26.4 Å². The monoisotopic (exact) mass is 383 g/mol. The summed E-state index contributed by atoms with van der Waals surface area (Å²) in [6.45, 7) is 4.51. The quantitative estimate of drug-likeness (QED) is 0.411. The second kappa shape index (κ2) is 13.4. The average Bonchev–Trinajstić information content (AvgIpc) is 2.65. The van der Waals surface area contributed by atoms with Gasteiger partial charge in [-0.2, -0.15) is 0 Å². The minimum Gasteiger partial charge on any atom is -0.463 e.